The summed E-state index contributed by atoms with van der Waals surface area (Å²) in [6, 6.07) is 7.53. The summed E-state index contributed by atoms with van der Waals surface area (Å²) < 4.78 is 31.9. The first-order chi connectivity index (χ1) is 8.99. The van der Waals surface area contributed by atoms with Crippen LogP contribution >= 0.6 is 0 Å². The van der Waals surface area contributed by atoms with Crippen LogP contribution in [0.25, 0.3) is 0 Å². The molecular weight excluding hydrogens is 254 g/mol. The lowest BCUT2D eigenvalue weighted by Gasteiger charge is -2.09. The first-order valence-electron chi connectivity index (χ1n) is 5.30. The number of ether oxygens (including phenoxy) is 1. The average molecular weight is 264 g/mol. The largest absolute Gasteiger partial charge is 0.455 e. The minimum Gasteiger partial charge on any atom is -0.455 e. The van der Waals surface area contributed by atoms with Gasteiger partial charge in [-0.25, -0.2) is 8.78 Å². The molecule has 19 heavy (non-hydrogen) atoms. The summed E-state index contributed by atoms with van der Waals surface area (Å²) in [4.78, 5) is 10.9. The maximum atomic E-state index is 13.5. The van der Waals surface area contributed by atoms with E-state index in [1.807, 2.05) is 0 Å². The predicted molar refractivity (Wildman–Crippen MR) is 65.8 cm³/mol. The molecule has 2 aromatic carbocycles. The van der Waals surface area contributed by atoms with Crippen LogP contribution in [0.1, 0.15) is 10.4 Å². The van der Waals surface area contributed by atoms with Crippen LogP contribution in [0.15, 0.2) is 36.4 Å². The second-order valence-electron chi connectivity index (χ2n) is 3.76. The van der Waals surface area contributed by atoms with Gasteiger partial charge in [-0.15, -0.1) is 0 Å². The van der Waals surface area contributed by atoms with Gasteiger partial charge in [0.25, 0.3) is 5.91 Å². The van der Waals surface area contributed by atoms with Crippen molar-refractivity contribution < 1.29 is 18.3 Å². The number of rotatable bonds is 3. The molecule has 0 unspecified atom stereocenters. The fraction of sp³-hybridized carbons (Fsp3) is 0. The number of primary amides is 1. The van der Waals surface area contributed by atoms with E-state index >= 15 is 0 Å². The van der Waals surface area contributed by atoms with Crippen LogP contribution < -0.4 is 16.2 Å². The van der Waals surface area contributed by atoms with Crippen molar-refractivity contribution in [1.82, 2.24) is 0 Å². The highest BCUT2D eigenvalue weighted by atomic mass is 19.1. The van der Waals surface area contributed by atoms with Crippen LogP contribution in [0.3, 0.4) is 0 Å². The second kappa shape index (κ2) is 4.93. The zero-order valence-corrected chi connectivity index (χ0v) is 9.69. The molecule has 2 aromatic rings. The van der Waals surface area contributed by atoms with Gasteiger partial charge in [-0.3, -0.25) is 4.79 Å². The van der Waals surface area contributed by atoms with E-state index < -0.39 is 17.5 Å². The number of halogens is 2. The first kappa shape index (κ1) is 12.8. The molecule has 0 heterocycles. The van der Waals surface area contributed by atoms with Crippen molar-refractivity contribution >= 4 is 11.6 Å². The number of benzene rings is 2. The molecule has 98 valence electrons. The first-order valence-corrected chi connectivity index (χ1v) is 5.30. The van der Waals surface area contributed by atoms with Gasteiger partial charge in [-0.05, 0) is 24.3 Å². The Morgan fingerprint density at radius 2 is 1.84 bits per heavy atom. The third-order valence-corrected chi connectivity index (χ3v) is 2.45. The Hall–Kier alpha value is -2.63. The highest BCUT2D eigenvalue weighted by Gasteiger charge is 2.11. The molecule has 0 aromatic heterocycles. The zero-order valence-electron chi connectivity index (χ0n) is 9.69. The molecular formula is C13H10F2N2O2. The molecule has 0 fully saturated rings. The Morgan fingerprint density at radius 1 is 1.11 bits per heavy atom. The molecule has 0 atom stereocenters. The van der Waals surface area contributed by atoms with Crippen LogP contribution in [0, 0.1) is 11.6 Å². The van der Waals surface area contributed by atoms with Crippen molar-refractivity contribution in [2.45, 2.75) is 0 Å². The Kier molecular flexibility index (Phi) is 3.33. The smallest absolute Gasteiger partial charge is 0.251 e. The molecule has 0 radical (unpaired) electrons. The van der Waals surface area contributed by atoms with E-state index in [2.05, 4.69) is 0 Å². The second-order valence-corrected chi connectivity index (χ2v) is 3.76. The number of carbonyl (C=O) groups is 1. The van der Waals surface area contributed by atoms with E-state index in [-0.39, 0.29) is 22.7 Å². The van der Waals surface area contributed by atoms with E-state index in [0.29, 0.717) is 0 Å². The fourth-order valence-corrected chi connectivity index (χ4v) is 1.49. The summed E-state index contributed by atoms with van der Waals surface area (Å²) in [5, 5.41) is 0. The highest BCUT2D eigenvalue weighted by molar-refractivity contribution is 5.93. The quantitative estimate of drug-likeness (QED) is 0.836. The normalized spacial score (nSPS) is 10.2. The molecule has 1 amide bonds. The Bertz CT molecular complexity index is 645. The number of para-hydroxylation sites is 1. The number of carbonyl (C=O) groups excluding carboxylic acids is 1. The van der Waals surface area contributed by atoms with Crippen molar-refractivity contribution in [2.24, 2.45) is 5.73 Å². The van der Waals surface area contributed by atoms with Gasteiger partial charge in [0.15, 0.2) is 5.75 Å². The summed E-state index contributed by atoms with van der Waals surface area (Å²) in [6.07, 6.45) is 0. The number of nitrogens with two attached hydrogens (primary N) is 2. The van der Waals surface area contributed by atoms with Crippen LogP contribution in [0.4, 0.5) is 14.5 Å². The van der Waals surface area contributed by atoms with Gasteiger partial charge in [0.05, 0.1) is 5.56 Å². The maximum Gasteiger partial charge on any atom is 0.251 e. The molecule has 0 aliphatic rings. The van der Waals surface area contributed by atoms with Gasteiger partial charge in [0.2, 0.25) is 0 Å². The van der Waals surface area contributed by atoms with Crippen LogP contribution in [-0.4, -0.2) is 5.91 Å². The van der Waals surface area contributed by atoms with E-state index in [1.54, 1.807) is 0 Å². The van der Waals surface area contributed by atoms with Crippen molar-refractivity contribution in [1.29, 1.82) is 0 Å². The van der Waals surface area contributed by atoms with E-state index in [0.717, 1.165) is 6.07 Å². The molecule has 0 saturated carbocycles. The van der Waals surface area contributed by atoms with E-state index in [4.69, 9.17) is 16.2 Å². The lowest BCUT2D eigenvalue weighted by Crippen LogP contribution is -2.12. The van der Waals surface area contributed by atoms with Crippen LogP contribution in [0.2, 0.25) is 0 Å². The molecule has 0 bridgehead atoms. The van der Waals surface area contributed by atoms with Gasteiger partial charge in [-0.2, -0.15) is 0 Å². The molecule has 4 nitrogen and oxygen atoms in total. The molecule has 0 spiro atoms. The molecule has 4 N–H and O–H groups in total. The van der Waals surface area contributed by atoms with Crippen molar-refractivity contribution in [3.05, 3.63) is 53.6 Å². The SMILES string of the molecule is NC(=O)c1ccc(Oc2cccc(F)c2N)cc1F. The highest BCUT2D eigenvalue weighted by Crippen LogP contribution is 2.29. The summed E-state index contributed by atoms with van der Waals surface area (Å²) in [5.41, 5.74) is 10.0. The topological polar surface area (TPSA) is 78.3 Å². The lowest BCUT2D eigenvalue weighted by molar-refractivity contribution is 0.0996. The maximum absolute atomic E-state index is 13.5. The van der Waals surface area contributed by atoms with Gasteiger partial charge >= 0.3 is 0 Å². The standard InChI is InChI=1S/C13H10F2N2O2/c14-9-2-1-3-11(12(9)16)19-7-4-5-8(13(17)18)10(15)6-7/h1-6H,16H2,(H2,17,18). The van der Waals surface area contributed by atoms with Crippen LogP contribution in [0.5, 0.6) is 11.5 Å². The number of hydrogen-bond donors (Lipinski definition) is 2. The lowest BCUT2D eigenvalue weighted by atomic mass is 10.2. The number of anilines is 1. The van der Waals surface area contributed by atoms with Gasteiger partial charge < -0.3 is 16.2 Å². The van der Waals surface area contributed by atoms with E-state index in [9.17, 15) is 13.6 Å². The van der Waals surface area contributed by atoms with Crippen LogP contribution in [-0.2, 0) is 0 Å². The monoisotopic (exact) mass is 264 g/mol. The summed E-state index contributed by atoms with van der Waals surface area (Å²) in [7, 11) is 0. The third kappa shape index (κ3) is 2.62. The predicted octanol–water partition coefficient (Wildman–Crippen LogP) is 2.44. The van der Waals surface area contributed by atoms with Crippen molar-refractivity contribution in [3.8, 4) is 11.5 Å². The Balaban J connectivity index is 2.32. The fourth-order valence-electron chi connectivity index (χ4n) is 1.49. The molecule has 0 aliphatic carbocycles. The van der Waals surface area contributed by atoms with E-state index in [1.165, 1.54) is 30.3 Å². The van der Waals surface area contributed by atoms with Crippen molar-refractivity contribution in [2.75, 3.05) is 5.73 Å². The van der Waals surface area contributed by atoms with Crippen molar-refractivity contribution in [3.63, 3.8) is 0 Å². The number of nitrogen functional groups attached to an aromatic ring is 1. The number of amides is 1. The zero-order chi connectivity index (χ0) is 14.0. The molecule has 0 saturated heterocycles. The average Bonchev–Trinajstić information content (AvgIpc) is 2.34. The molecule has 2 rings (SSSR count). The third-order valence-electron chi connectivity index (χ3n) is 2.45. The summed E-state index contributed by atoms with van der Waals surface area (Å²) in [5.74, 6) is -2.19. The number of hydrogen-bond acceptors (Lipinski definition) is 3. The van der Waals surface area contributed by atoms with Gasteiger partial charge in [0, 0.05) is 6.07 Å². The molecule has 6 heteroatoms. The minimum atomic E-state index is -0.880. The molecule has 0 aliphatic heterocycles. The van der Waals surface area contributed by atoms with Gasteiger partial charge in [0.1, 0.15) is 23.1 Å². The minimum absolute atomic E-state index is 0.0613. The Morgan fingerprint density at radius 3 is 2.47 bits per heavy atom. The van der Waals surface area contributed by atoms with Gasteiger partial charge in [-0.1, -0.05) is 6.07 Å². The summed E-state index contributed by atoms with van der Waals surface area (Å²) in [6.45, 7) is 0. The summed E-state index contributed by atoms with van der Waals surface area (Å²) >= 11 is 0. The Labute approximate surface area is 107 Å².